The Hall–Kier alpha value is -2.14. The van der Waals surface area contributed by atoms with E-state index >= 15 is 0 Å². The van der Waals surface area contributed by atoms with Gasteiger partial charge in [-0.1, -0.05) is 19.1 Å². The van der Waals surface area contributed by atoms with Crippen LogP contribution in [-0.2, 0) is 22.4 Å². The van der Waals surface area contributed by atoms with Gasteiger partial charge >= 0.3 is 0 Å². The van der Waals surface area contributed by atoms with E-state index in [1.165, 1.54) is 17.4 Å². The number of carbonyl (C=O) groups excluding carboxylic acids is 2. The summed E-state index contributed by atoms with van der Waals surface area (Å²) in [6.45, 7) is 4.42. The first-order chi connectivity index (χ1) is 11.6. The van der Waals surface area contributed by atoms with Crippen LogP contribution in [0.4, 0.5) is 5.69 Å². The highest BCUT2D eigenvalue weighted by Crippen LogP contribution is 2.35. The van der Waals surface area contributed by atoms with Crippen molar-refractivity contribution in [2.75, 3.05) is 11.9 Å². The summed E-state index contributed by atoms with van der Waals surface area (Å²) in [7, 11) is 0. The first-order valence-electron chi connectivity index (χ1n) is 8.30. The molecule has 2 heterocycles. The fourth-order valence-corrected chi connectivity index (χ4v) is 4.25. The van der Waals surface area contributed by atoms with Crippen LogP contribution in [0, 0.1) is 0 Å². The number of nitrogens with zero attached hydrogens (tertiary/aromatic N) is 1. The molecule has 0 unspecified atom stereocenters. The molecule has 1 aromatic heterocycles. The van der Waals surface area contributed by atoms with Crippen LogP contribution in [0.3, 0.4) is 0 Å². The van der Waals surface area contributed by atoms with Gasteiger partial charge in [0.2, 0.25) is 11.8 Å². The van der Waals surface area contributed by atoms with Gasteiger partial charge < -0.3 is 10.2 Å². The second-order valence-electron chi connectivity index (χ2n) is 6.12. The monoisotopic (exact) mass is 342 g/mol. The molecular weight excluding hydrogens is 320 g/mol. The molecule has 5 heteroatoms. The van der Waals surface area contributed by atoms with Crippen molar-refractivity contribution < 1.29 is 9.59 Å². The third kappa shape index (κ3) is 3.51. The minimum Gasteiger partial charge on any atom is -0.335 e. The summed E-state index contributed by atoms with van der Waals surface area (Å²) in [5, 5.41) is 4.87. The van der Waals surface area contributed by atoms with E-state index in [0.717, 1.165) is 30.6 Å². The average Bonchev–Trinajstić information content (AvgIpc) is 3.03. The summed E-state index contributed by atoms with van der Waals surface area (Å²) in [5.41, 5.74) is 3.05. The maximum atomic E-state index is 12.8. The molecule has 2 aromatic rings. The van der Waals surface area contributed by atoms with Crippen molar-refractivity contribution in [3.63, 3.8) is 0 Å². The lowest BCUT2D eigenvalue weighted by atomic mass is 9.97. The van der Waals surface area contributed by atoms with E-state index in [1.807, 2.05) is 29.2 Å². The summed E-state index contributed by atoms with van der Waals surface area (Å²) in [6.07, 6.45) is 2.30. The molecule has 3 rings (SSSR count). The third-order valence-electron chi connectivity index (χ3n) is 4.43. The molecule has 0 radical (unpaired) electrons. The zero-order valence-corrected chi connectivity index (χ0v) is 14.9. The van der Waals surface area contributed by atoms with E-state index in [2.05, 4.69) is 23.7 Å². The van der Waals surface area contributed by atoms with E-state index in [0.29, 0.717) is 6.42 Å². The first kappa shape index (κ1) is 16.7. The van der Waals surface area contributed by atoms with Gasteiger partial charge in [0.05, 0.1) is 12.5 Å². The molecule has 0 aliphatic carbocycles. The highest BCUT2D eigenvalue weighted by molar-refractivity contribution is 7.10. The van der Waals surface area contributed by atoms with E-state index in [-0.39, 0.29) is 17.9 Å². The Morgan fingerprint density at radius 1 is 1.25 bits per heavy atom. The molecular formula is C19H22N2O2S. The van der Waals surface area contributed by atoms with E-state index in [1.54, 1.807) is 11.3 Å². The van der Waals surface area contributed by atoms with Gasteiger partial charge in [-0.15, -0.1) is 11.3 Å². The normalized spacial score (nSPS) is 16.6. The quantitative estimate of drug-likeness (QED) is 0.919. The molecule has 0 saturated heterocycles. The molecule has 0 saturated carbocycles. The number of amides is 2. The lowest BCUT2D eigenvalue weighted by Crippen LogP contribution is -2.40. The zero-order chi connectivity index (χ0) is 17.1. The Balaban J connectivity index is 1.69. The number of carbonyl (C=O) groups is 2. The SMILES string of the molecule is CC[C@@H]1c2ccsc2CCN1C(=O)Cc1ccc(NC(C)=O)cc1. The lowest BCUT2D eigenvalue weighted by molar-refractivity contribution is -0.133. The van der Waals surface area contributed by atoms with Crippen LogP contribution in [0.2, 0.25) is 0 Å². The van der Waals surface area contributed by atoms with Crippen LogP contribution < -0.4 is 5.32 Å². The van der Waals surface area contributed by atoms with Crippen molar-refractivity contribution >= 4 is 28.8 Å². The van der Waals surface area contributed by atoms with Crippen LogP contribution in [0.15, 0.2) is 35.7 Å². The molecule has 1 N–H and O–H groups in total. The first-order valence-corrected chi connectivity index (χ1v) is 9.18. The van der Waals surface area contributed by atoms with Gasteiger partial charge in [-0.3, -0.25) is 9.59 Å². The molecule has 126 valence electrons. The van der Waals surface area contributed by atoms with Crippen LogP contribution in [-0.4, -0.2) is 23.3 Å². The third-order valence-corrected chi connectivity index (χ3v) is 5.43. The largest absolute Gasteiger partial charge is 0.335 e. The maximum Gasteiger partial charge on any atom is 0.227 e. The second kappa shape index (κ2) is 7.18. The van der Waals surface area contributed by atoms with Crippen LogP contribution in [0.5, 0.6) is 0 Å². The molecule has 1 aliphatic rings. The van der Waals surface area contributed by atoms with Crippen LogP contribution in [0.1, 0.15) is 42.3 Å². The molecule has 4 nitrogen and oxygen atoms in total. The predicted octanol–water partition coefficient (Wildman–Crippen LogP) is 3.79. The summed E-state index contributed by atoms with van der Waals surface area (Å²) in [6, 6.07) is 9.86. The molecule has 1 aliphatic heterocycles. The number of thiophene rings is 1. The van der Waals surface area contributed by atoms with Crippen molar-refractivity contribution in [3.8, 4) is 0 Å². The highest BCUT2D eigenvalue weighted by atomic mass is 32.1. The summed E-state index contributed by atoms with van der Waals surface area (Å²) >= 11 is 1.80. The Morgan fingerprint density at radius 3 is 2.67 bits per heavy atom. The van der Waals surface area contributed by atoms with Gasteiger partial charge in [0.1, 0.15) is 0 Å². The smallest absolute Gasteiger partial charge is 0.227 e. The molecule has 1 atom stereocenters. The van der Waals surface area contributed by atoms with Crippen LogP contribution >= 0.6 is 11.3 Å². The minimum atomic E-state index is -0.0931. The average molecular weight is 342 g/mol. The molecule has 0 bridgehead atoms. The van der Waals surface area contributed by atoms with Crippen LogP contribution in [0.25, 0.3) is 0 Å². The number of hydrogen-bond donors (Lipinski definition) is 1. The number of anilines is 1. The summed E-state index contributed by atoms with van der Waals surface area (Å²) in [5.74, 6) is 0.0791. The van der Waals surface area contributed by atoms with Gasteiger partial charge in [-0.25, -0.2) is 0 Å². The fourth-order valence-electron chi connectivity index (χ4n) is 3.32. The van der Waals surface area contributed by atoms with Crippen molar-refractivity contribution in [1.29, 1.82) is 0 Å². The fraction of sp³-hybridized carbons (Fsp3) is 0.368. The minimum absolute atomic E-state index is 0.0931. The Morgan fingerprint density at radius 2 is 2.00 bits per heavy atom. The second-order valence-corrected chi connectivity index (χ2v) is 7.12. The van der Waals surface area contributed by atoms with Crippen molar-refractivity contribution in [1.82, 2.24) is 4.90 Å². The summed E-state index contributed by atoms with van der Waals surface area (Å²) < 4.78 is 0. The van der Waals surface area contributed by atoms with Crippen molar-refractivity contribution in [3.05, 3.63) is 51.7 Å². The maximum absolute atomic E-state index is 12.8. The Labute approximate surface area is 146 Å². The van der Waals surface area contributed by atoms with Gasteiger partial charge in [0.25, 0.3) is 0 Å². The molecule has 0 spiro atoms. The summed E-state index contributed by atoms with van der Waals surface area (Å²) in [4.78, 5) is 27.3. The van der Waals surface area contributed by atoms with Crippen molar-refractivity contribution in [2.45, 2.75) is 39.2 Å². The predicted molar refractivity (Wildman–Crippen MR) is 97.2 cm³/mol. The topological polar surface area (TPSA) is 49.4 Å². The number of hydrogen-bond acceptors (Lipinski definition) is 3. The van der Waals surface area contributed by atoms with Crippen molar-refractivity contribution in [2.24, 2.45) is 0 Å². The van der Waals surface area contributed by atoms with E-state index in [9.17, 15) is 9.59 Å². The van der Waals surface area contributed by atoms with Gasteiger partial charge in [0.15, 0.2) is 0 Å². The molecule has 1 aromatic carbocycles. The standard InChI is InChI=1S/C19H22N2O2S/c1-3-17-16-9-11-24-18(16)8-10-21(17)19(23)12-14-4-6-15(7-5-14)20-13(2)22/h4-7,9,11,17H,3,8,10,12H2,1-2H3,(H,20,22)/t17-/m1/s1. The molecule has 24 heavy (non-hydrogen) atoms. The van der Waals surface area contributed by atoms with Gasteiger partial charge in [-0.05, 0) is 47.5 Å². The molecule has 2 amide bonds. The molecule has 0 fully saturated rings. The zero-order valence-electron chi connectivity index (χ0n) is 14.0. The number of nitrogens with one attached hydrogen (secondary N) is 1. The number of fused-ring (bicyclic) bond motifs is 1. The number of benzene rings is 1. The van der Waals surface area contributed by atoms with E-state index < -0.39 is 0 Å². The Kier molecular flexibility index (Phi) is 5.00. The number of rotatable bonds is 4. The Bertz CT molecular complexity index is 736. The van der Waals surface area contributed by atoms with Gasteiger partial charge in [-0.2, -0.15) is 0 Å². The lowest BCUT2D eigenvalue weighted by Gasteiger charge is -2.35. The highest BCUT2D eigenvalue weighted by Gasteiger charge is 2.30. The van der Waals surface area contributed by atoms with E-state index in [4.69, 9.17) is 0 Å². The van der Waals surface area contributed by atoms with Gasteiger partial charge in [0, 0.05) is 24.0 Å².